The minimum atomic E-state index is 0.437. The lowest BCUT2D eigenvalue weighted by Gasteiger charge is -1.93. The molecule has 11 heavy (non-hydrogen) atoms. The summed E-state index contributed by atoms with van der Waals surface area (Å²) in [4.78, 5) is 0.603. The number of benzene rings is 1. The lowest BCUT2D eigenvalue weighted by Crippen LogP contribution is -1.80. The van der Waals surface area contributed by atoms with Gasteiger partial charge in [-0.15, -0.1) is 12.6 Å². The highest BCUT2D eigenvalue weighted by atomic mass is 32.1. The minimum absolute atomic E-state index is 0.437. The molecule has 1 aromatic rings. The number of rotatable bonds is 0. The molecule has 1 rings (SSSR count). The molecule has 0 aliphatic rings. The zero-order valence-corrected chi connectivity index (χ0v) is 6.47. The van der Waals surface area contributed by atoms with Crippen molar-refractivity contribution in [2.75, 3.05) is 0 Å². The maximum Gasteiger partial charge on any atom is 0.100 e. The van der Waals surface area contributed by atoms with Crippen molar-refractivity contribution in [1.82, 2.24) is 0 Å². The molecule has 0 N–H and O–H groups in total. The van der Waals surface area contributed by atoms with Gasteiger partial charge in [-0.1, -0.05) is 0 Å². The fourth-order valence-electron chi connectivity index (χ4n) is 0.695. The van der Waals surface area contributed by atoms with Gasteiger partial charge in [-0.2, -0.15) is 10.5 Å². The summed E-state index contributed by atoms with van der Waals surface area (Å²) in [6.45, 7) is 0. The molecule has 0 aliphatic carbocycles. The molecule has 2 nitrogen and oxygen atoms in total. The Balaban J connectivity index is 3.29. The summed E-state index contributed by atoms with van der Waals surface area (Å²) in [7, 11) is 0. The van der Waals surface area contributed by atoms with Crippen molar-refractivity contribution in [2.24, 2.45) is 0 Å². The molecular formula is C8H4N2S. The van der Waals surface area contributed by atoms with Gasteiger partial charge in [-0.05, 0) is 18.2 Å². The molecule has 0 radical (unpaired) electrons. The van der Waals surface area contributed by atoms with E-state index < -0.39 is 0 Å². The van der Waals surface area contributed by atoms with Gasteiger partial charge in [0.15, 0.2) is 0 Å². The van der Waals surface area contributed by atoms with Crippen LogP contribution in [0, 0.1) is 22.7 Å². The Labute approximate surface area is 70.1 Å². The summed E-state index contributed by atoms with van der Waals surface area (Å²) in [5.41, 5.74) is 0.923. The third-order valence-corrected chi connectivity index (χ3v) is 1.64. The fraction of sp³-hybridized carbons (Fsp3) is 0. The van der Waals surface area contributed by atoms with Crippen LogP contribution in [-0.2, 0) is 0 Å². The predicted octanol–water partition coefficient (Wildman–Crippen LogP) is 1.72. The Kier molecular flexibility index (Phi) is 2.15. The number of thiol groups is 1. The van der Waals surface area contributed by atoms with E-state index in [9.17, 15) is 0 Å². The Morgan fingerprint density at radius 2 is 1.91 bits per heavy atom. The molecule has 0 aliphatic heterocycles. The molecule has 0 fully saturated rings. The molecule has 0 amide bonds. The van der Waals surface area contributed by atoms with E-state index in [0.717, 1.165) is 0 Å². The molecule has 0 unspecified atom stereocenters. The summed E-state index contributed by atoms with van der Waals surface area (Å²) in [5, 5.41) is 17.0. The standard InChI is InChI=1S/C8H4N2S/c9-4-6-1-2-8(11)7(3-6)5-10/h1-3,11H. The molecule has 0 heterocycles. The quantitative estimate of drug-likeness (QED) is 0.587. The lowest BCUT2D eigenvalue weighted by atomic mass is 10.1. The highest BCUT2D eigenvalue weighted by molar-refractivity contribution is 7.80. The van der Waals surface area contributed by atoms with Gasteiger partial charge in [-0.3, -0.25) is 0 Å². The molecule has 0 aromatic heterocycles. The van der Waals surface area contributed by atoms with Gasteiger partial charge in [0.05, 0.1) is 17.2 Å². The molecular weight excluding hydrogens is 156 g/mol. The molecule has 0 atom stereocenters. The van der Waals surface area contributed by atoms with Crippen molar-refractivity contribution in [2.45, 2.75) is 4.90 Å². The lowest BCUT2D eigenvalue weighted by molar-refractivity contribution is 1.35. The number of hydrogen-bond acceptors (Lipinski definition) is 3. The summed E-state index contributed by atoms with van der Waals surface area (Å²) >= 11 is 4.03. The first-order chi connectivity index (χ1) is 5.27. The van der Waals surface area contributed by atoms with Crippen molar-refractivity contribution in [1.29, 1.82) is 10.5 Å². The maximum atomic E-state index is 8.53. The summed E-state index contributed by atoms with van der Waals surface area (Å²) in [5.74, 6) is 0. The van der Waals surface area contributed by atoms with E-state index in [4.69, 9.17) is 10.5 Å². The van der Waals surface area contributed by atoms with Crippen molar-refractivity contribution in [3.63, 3.8) is 0 Å². The third-order valence-electron chi connectivity index (χ3n) is 1.25. The monoisotopic (exact) mass is 160 g/mol. The second kappa shape index (κ2) is 3.09. The number of nitrogens with zero attached hydrogens (tertiary/aromatic N) is 2. The molecule has 1 aromatic carbocycles. The fourth-order valence-corrected chi connectivity index (χ4v) is 0.884. The second-order valence-corrected chi connectivity index (χ2v) is 2.44. The van der Waals surface area contributed by atoms with Crippen LogP contribution in [0.2, 0.25) is 0 Å². The zero-order chi connectivity index (χ0) is 8.27. The van der Waals surface area contributed by atoms with E-state index in [1.165, 1.54) is 6.07 Å². The highest BCUT2D eigenvalue weighted by Crippen LogP contribution is 2.13. The predicted molar refractivity (Wildman–Crippen MR) is 43.1 cm³/mol. The van der Waals surface area contributed by atoms with Gasteiger partial charge in [0, 0.05) is 4.90 Å². The van der Waals surface area contributed by atoms with Crippen molar-refractivity contribution in [3.8, 4) is 12.1 Å². The average Bonchev–Trinajstić information content (AvgIpc) is 2.05. The molecule has 52 valence electrons. The van der Waals surface area contributed by atoms with Gasteiger partial charge >= 0.3 is 0 Å². The normalized spacial score (nSPS) is 8.27. The van der Waals surface area contributed by atoms with Crippen LogP contribution in [0.5, 0.6) is 0 Å². The van der Waals surface area contributed by atoms with Gasteiger partial charge in [0.25, 0.3) is 0 Å². The van der Waals surface area contributed by atoms with Crippen LogP contribution in [0.4, 0.5) is 0 Å². The van der Waals surface area contributed by atoms with E-state index in [1.54, 1.807) is 12.1 Å². The average molecular weight is 160 g/mol. The number of hydrogen-bond donors (Lipinski definition) is 1. The van der Waals surface area contributed by atoms with Gasteiger partial charge in [0.2, 0.25) is 0 Å². The largest absolute Gasteiger partial charge is 0.192 e. The molecule has 0 saturated carbocycles. The van der Waals surface area contributed by atoms with Gasteiger partial charge in [0.1, 0.15) is 6.07 Å². The Hall–Kier alpha value is -1.45. The van der Waals surface area contributed by atoms with E-state index in [2.05, 4.69) is 12.6 Å². The van der Waals surface area contributed by atoms with Gasteiger partial charge in [-0.25, -0.2) is 0 Å². The van der Waals surface area contributed by atoms with Crippen molar-refractivity contribution in [3.05, 3.63) is 29.3 Å². The summed E-state index contributed by atoms with van der Waals surface area (Å²) in [6.07, 6.45) is 0. The molecule has 3 heteroatoms. The SMILES string of the molecule is N#Cc1ccc(S)c(C#N)c1. The zero-order valence-electron chi connectivity index (χ0n) is 5.57. The summed E-state index contributed by atoms with van der Waals surface area (Å²) < 4.78 is 0. The van der Waals surface area contributed by atoms with Crippen molar-refractivity contribution >= 4 is 12.6 Å². The van der Waals surface area contributed by atoms with E-state index in [-0.39, 0.29) is 0 Å². The van der Waals surface area contributed by atoms with Gasteiger partial charge < -0.3 is 0 Å². The van der Waals surface area contributed by atoms with E-state index in [0.29, 0.717) is 16.0 Å². The minimum Gasteiger partial charge on any atom is -0.192 e. The molecule has 0 bridgehead atoms. The van der Waals surface area contributed by atoms with Crippen LogP contribution in [-0.4, -0.2) is 0 Å². The first-order valence-electron chi connectivity index (χ1n) is 2.91. The van der Waals surface area contributed by atoms with E-state index >= 15 is 0 Å². The van der Waals surface area contributed by atoms with Crippen LogP contribution < -0.4 is 0 Å². The van der Waals surface area contributed by atoms with Crippen LogP contribution in [0.1, 0.15) is 11.1 Å². The Bertz CT molecular complexity index is 357. The molecule has 0 spiro atoms. The van der Waals surface area contributed by atoms with Crippen molar-refractivity contribution < 1.29 is 0 Å². The smallest absolute Gasteiger partial charge is 0.100 e. The summed E-state index contributed by atoms with van der Waals surface area (Å²) in [6, 6.07) is 8.67. The maximum absolute atomic E-state index is 8.53. The van der Waals surface area contributed by atoms with E-state index in [1.807, 2.05) is 12.1 Å². The topological polar surface area (TPSA) is 47.6 Å². The number of nitriles is 2. The second-order valence-electron chi connectivity index (χ2n) is 1.96. The van der Waals surface area contributed by atoms with Crippen LogP contribution >= 0.6 is 12.6 Å². The molecule has 0 saturated heterocycles. The highest BCUT2D eigenvalue weighted by Gasteiger charge is 1.97. The van der Waals surface area contributed by atoms with Crippen LogP contribution in [0.3, 0.4) is 0 Å². The Morgan fingerprint density at radius 1 is 1.18 bits per heavy atom. The first kappa shape index (κ1) is 7.65. The first-order valence-corrected chi connectivity index (χ1v) is 3.36. The van der Waals surface area contributed by atoms with Crippen LogP contribution in [0.25, 0.3) is 0 Å². The third kappa shape index (κ3) is 1.52. The van der Waals surface area contributed by atoms with Crippen LogP contribution in [0.15, 0.2) is 23.1 Å². The Morgan fingerprint density at radius 3 is 2.45 bits per heavy atom.